The molecule has 4 amide bonds. The largest absolute Gasteiger partial charge is 0.390 e. The van der Waals surface area contributed by atoms with Crippen LogP contribution in [0.25, 0.3) is 10.8 Å². The van der Waals surface area contributed by atoms with Crippen LogP contribution in [0.4, 0.5) is 5.69 Å². The summed E-state index contributed by atoms with van der Waals surface area (Å²) in [5.74, 6) is -1.22. The van der Waals surface area contributed by atoms with E-state index in [0.29, 0.717) is 24.2 Å². The van der Waals surface area contributed by atoms with E-state index in [-0.39, 0.29) is 44.3 Å². The number of rotatable bonds is 10. The van der Waals surface area contributed by atoms with E-state index >= 15 is 0 Å². The number of carbonyl (C=O) groups is 4. The molecule has 1 fully saturated rings. The lowest BCUT2D eigenvalue weighted by Gasteiger charge is -2.26. The van der Waals surface area contributed by atoms with Crippen LogP contribution in [0.15, 0.2) is 66.7 Å². The summed E-state index contributed by atoms with van der Waals surface area (Å²) >= 11 is 0. The van der Waals surface area contributed by atoms with Gasteiger partial charge in [0.2, 0.25) is 17.7 Å². The second-order valence-corrected chi connectivity index (χ2v) is 10.6. The summed E-state index contributed by atoms with van der Waals surface area (Å²) in [6.07, 6.45) is 0.613. The molecule has 2 heterocycles. The zero-order valence-electron chi connectivity index (χ0n) is 22.8. The predicted molar refractivity (Wildman–Crippen MR) is 155 cm³/mol. The number of aliphatic hydroxyl groups is 1. The number of benzene rings is 3. The minimum absolute atomic E-state index is 0.00571. The third-order valence-electron chi connectivity index (χ3n) is 7.74. The van der Waals surface area contributed by atoms with E-state index in [2.05, 4.69) is 10.6 Å². The molecule has 2 aliphatic heterocycles. The van der Waals surface area contributed by atoms with Crippen molar-refractivity contribution < 1.29 is 24.3 Å². The van der Waals surface area contributed by atoms with Gasteiger partial charge in [0.05, 0.1) is 17.4 Å². The summed E-state index contributed by atoms with van der Waals surface area (Å²) in [6.45, 7) is 0.552. The van der Waals surface area contributed by atoms with Gasteiger partial charge in [-0.2, -0.15) is 0 Å². The van der Waals surface area contributed by atoms with Crippen LogP contribution in [0.5, 0.6) is 0 Å². The van der Waals surface area contributed by atoms with E-state index < -0.39 is 30.0 Å². The first-order chi connectivity index (χ1) is 19.9. The molecule has 2 unspecified atom stereocenters. The highest BCUT2D eigenvalue weighted by Gasteiger charge is 2.41. The van der Waals surface area contributed by atoms with E-state index in [1.807, 2.05) is 42.5 Å². The monoisotopic (exact) mass is 557 g/mol. The standard InChI is InChI=1S/C31H35N5O5/c32-18-23(37)19-33-29(39)25(17-20-11-12-21-6-1-2-7-22(21)16-20)34-28(38)13-15-36-26-9-4-3-8-24(26)30(40)35-14-5-10-27(35)31(36)41/h1-4,6-9,11-12,16,23,25,27,37H,5,10,13-15,17-19,32H2,(H,33,39)(H,34,38)/t23?,25-,27?/m1/s1. The number of carbonyl (C=O) groups excluding carboxylic acids is 4. The highest BCUT2D eigenvalue weighted by molar-refractivity contribution is 6.11. The molecule has 0 spiro atoms. The number of amides is 4. The Bertz CT molecular complexity index is 1460. The average molecular weight is 558 g/mol. The number of aliphatic hydroxyl groups excluding tert-OH is 1. The Balaban J connectivity index is 1.31. The first kappa shape index (κ1) is 28.3. The molecule has 5 N–H and O–H groups in total. The Kier molecular flexibility index (Phi) is 8.61. The number of fused-ring (bicyclic) bond motifs is 3. The third kappa shape index (κ3) is 6.23. The van der Waals surface area contributed by atoms with Gasteiger partial charge in [0, 0.05) is 39.0 Å². The van der Waals surface area contributed by atoms with Crippen molar-refractivity contribution in [1.29, 1.82) is 0 Å². The summed E-state index contributed by atoms with van der Waals surface area (Å²) in [5.41, 5.74) is 7.27. The van der Waals surface area contributed by atoms with Crippen LogP contribution in [-0.4, -0.2) is 78.0 Å². The number of nitrogens with two attached hydrogens (primary N) is 1. The van der Waals surface area contributed by atoms with Crippen molar-refractivity contribution >= 4 is 40.1 Å². The van der Waals surface area contributed by atoms with Crippen molar-refractivity contribution in [3.63, 3.8) is 0 Å². The molecule has 1 saturated heterocycles. The van der Waals surface area contributed by atoms with Crippen molar-refractivity contribution in [2.45, 2.75) is 43.9 Å². The SMILES string of the molecule is NCC(O)CNC(=O)[C@@H](Cc1ccc2ccccc2c1)NC(=O)CCN1C(=O)C2CCCN2C(=O)c2ccccc21. The summed E-state index contributed by atoms with van der Waals surface area (Å²) < 4.78 is 0. The van der Waals surface area contributed by atoms with Gasteiger partial charge in [0.15, 0.2) is 0 Å². The number of nitrogens with one attached hydrogen (secondary N) is 2. The maximum atomic E-state index is 13.5. The Hall–Kier alpha value is -4.28. The Labute approximate surface area is 238 Å². The summed E-state index contributed by atoms with van der Waals surface area (Å²) in [6, 6.07) is 19.2. The van der Waals surface area contributed by atoms with Crippen molar-refractivity contribution in [2.75, 3.05) is 31.1 Å². The fraction of sp³-hybridized carbons (Fsp3) is 0.355. The molecule has 0 saturated carbocycles. The fourth-order valence-electron chi connectivity index (χ4n) is 5.56. The van der Waals surface area contributed by atoms with Crippen molar-refractivity contribution in [2.24, 2.45) is 5.73 Å². The van der Waals surface area contributed by atoms with Gasteiger partial charge in [0.25, 0.3) is 5.91 Å². The normalized spacial score (nSPS) is 18.0. The molecule has 0 aliphatic carbocycles. The van der Waals surface area contributed by atoms with E-state index in [9.17, 15) is 24.3 Å². The highest BCUT2D eigenvalue weighted by Crippen LogP contribution is 2.32. The van der Waals surface area contributed by atoms with Crippen LogP contribution < -0.4 is 21.3 Å². The van der Waals surface area contributed by atoms with Crippen molar-refractivity contribution in [3.05, 3.63) is 77.9 Å². The minimum Gasteiger partial charge on any atom is -0.390 e. The maximum Gasteiger partial charge on any atom is 0.256 e. The van der Waals surface area contributed by atoms with Crippen LogP contribution in [0.2, 0.25) is 0 Å². The zero-order valence-corrected chi connectivity index (χ0v) is 22.8. The summed E-state index contributed by atoms with van der Waals surface area (Å²) in [4.78, 5) is 56.1. The third-order valence-corrected chi connectivity index (χ3v) is 7.74. The Morgan fingerprint density at radius 1 is 1.02 bits per heavy atom. The van der Waals surface area contributed by atoms with Crippen LogP contribution in [-0.2, 0) is 20.8 Å². The van der Waals surface area contributed by atoms with E-state index in [1.54, 1.807) is 29.2 Å². The number of nitrogens with zero attached hydrogens (tertiary/aromatic N) is 2. The Morgan fingerprint density at radius 2 is 1.78 bits per heavy atom. The molecule has 5 rings (SSSR count). The highest BCUT2D eigenvalue weighted by atomic mass is 16.3. The molecule has 3 aromatic rings. The van der Waals surface area contributed by atoms with E-state index in [4.69, 9.17) is 5.73 Å². The average Bonchev–Trinajstić information content (AvgIpc) is 3.46. The molecule has 0 radical (unpaired) electrons. The molecule has 3 aromatic carbocycles. The van der Waals surface area contributed by atoms with Crippen LogP contribution >= 0.6 is 0 Å². The van der Waals surface area contributed by atoms with Crippen molar-refractivity contribution in [1.82, 2.24) is 15.5 Å². The van der Waals surface area contributed by atoms with Gasteiger partial charge in [-0.15, -0.1) is 0 Å². The number of hydrogen-bond acceptors (Lipinski definition) is 6. The van der Waals surface area contributed by atoms with Gasteiger partial charge < -0.3 is 31.3 Å². The van der Waals surface area contributed by atoms with Gasteiger partial charge in [-0.05, 0) is 41.3 Å². The molecule has 10 heteroatoms. The predicted octanol–water partition coefficient (Wildman–Crippen LogP) is 1.34. The summed E-state index contributed by atoms with van der Waals surface area (Å²) in [7, 11) is 0. The molecule has 214 valence electrons. The maximum absolute atomic E-state index is 13.5. The van der Waals surface area contributed by atoms with Gasteiger partial charge in [-0.1, -0.05) is 54.6 Å². The molecule has 0 bridgehead atoms. The second-order valence-electron chi connectivity index (χ2n) is 10.6. The first-order valence-electron chi connectivity index (χ1n) is 14.0. The Morgan fingerprint density at radius 3 is 2.59 bits per heavy atom. The topological polar surface area (TPSA) is 145 Å². The minimum atomic E-state index is -0.910. The molecule has 0 aromatic heterocycles. The smallest absolute Gasteiger partial charge is 0.256 e. The lowest BCUT2D eigenvalue weighted by Crippen LogP contribution is -2.51. The first-order valence-corrected chi connectivity index (χ1v) is 14.0. The number of hydrogen-bond donors (Lipinski definition) is 4. The zero-order chi connectivity index (χ0) is 28.9. The molecule has 41 heavy (non-hydrogen) atoms. The van der Waals surface area contributed by atoms with Gasteiger partial charge in [-0.3, -0.25) is 19.2 Å². The fourth-order valence-corrected chi connectivity index (χ4v) is 5.56. The van der Waals surface area contributed by atoms with Crippen LogP contribution in [0, 0.1) is 0 Å². The summed E-state index contributed by atoms with van der Waals surface area (Å²) in [5, 5.41) is 17.4. The molecule has 10 nitrogen and oxygen atoms in total. The molecular weight excluding hydrogens is 522 g/mol. The second kappa shape index (κ2) is 12.5. The van der Waals surface area contributed by atoms with Gasteiger partial charge in [0.1, 0.15) is 12.1 Å². The molecule has 2 aliphatic rings. The van der Waals surface area contributed by atoms with Crippen molar-refractivity contribution in [3.8, 4) is 0 Å². The number of para-hydroxylation sites is 1. The molecule has 3 atom stereocenters. The van der Waals surface area contributed by atoms with Crippen LogP contribution in [0.1, 0.15) is 35.2 Å². The lowest BCUT2D eigenvalue weighted by molar-refractivity contribution is -0.129. The quantitative estimate of drug-likeness (QED) is 0.296. The van der Waals surface area contributed by atoms with Gasteiger partial charge >= 0.3 is 0 Å². The number of anilines is 1. The van der Waals surface area contributed by atoms with Crippen LogP contribution in [0.3, 0.4) is 0 Å². The lowest BCUT2D eigenvalue weighted by atomic mass is 10.0. The van der Waals surface area contributed by atoms with Gasteiger partial charge in [-0.25, -0.2) is 0 Å². The molecular formula is C31H35N5O5. The van der Waals surface area contributed by atoms with E-state index in [0.717, 1.165) is 22.8 Å². The van der Waals surface area contributed by atoms with E-state index in [1.165, 1.54) is 4.90 Å².